The Bertz CT molecular complexity index is 363. The van der Waals surface area contributed by atoms with E-state index in [0.29, 0.717) is 5.57 Å². The van der Waals surface area contributed by atoms with Crippen LogP contribution < -0.4 is 0 Å². The first-order valence-electron chi connectivity index (χ1n) is 11.9. The first kappa shape index (κ1) is 26.4. The van der Waals surface area contributed by atoms with Gasteiger partial charge in [-0.3, -0.25) is 0 Å². The molecule has 0 N–H and O–H groups in total. The summed E-state index contributed by atoms with van der Waals surface area (Å²) in [5, 5.41) is 0. The summed E-state index contributed by atoms with van der Waals surface area (Å²) in [5.74, 6) is -0.130. The van der Waals surface area contributed by atoms with Crippen LogP contribution in [0.15, 0.2) is 12.2 Å². The van der Waals surface area contributed by atoms with Gasteiger partial charge in [-0.05, 0) is 25.1 Å². The lowest BCUT2D eigenvalue weighted by molar-refractivity contribution is -0.131. The Morgan fingerprint density at radius 2 is 1.04 bits per heavy atom. The molecule has 0 aliphatic rings. The molecule has 0 heterocycles. The van der Waals surface area contributed by atoms with E-state index in [1.54, 1.807) is 6.92 Å². The van der Waals surface area contributed by atoms with E-state index in [-0.39, 0.29) is 5.97 Å². The summed E-state index contributed by atoms with van der Waals surface area (Å²) in [6.45, 7) is 12.4. The molecule has 0 aliphatic heterocycles. The third-order valence-electron chi connectivity index (χ3n) is 5.62. The highest BCUT2D eigenvalue weighted by Gasteiger charge is 2.37. The molecule has 0 unspecified atom stereocenters. The van der Waals surface area contributed by atoms with E-state index < -0.39 is 8.32 Å². The third-order valence-corrected chi connectivity index (χ3v) is 10.0. The zero-order valence-electron chi connectivity index (χ0n) is 19.0. The van der Waals surface area contributed by atoms with Crippen LogP contribution in [0.2, 0.25) is 18.1 Å². The quantitative estimate of drug-likeness (QED) is 0.124. The van der Waals surface area contributed by atoms with Gasteiger partial charge in [0.15, 0.2) is 0 Å². The Morgan fingerprint density at radius 3 is 1.44 bits per heavy atom. The lowest BCUT2D eigenvalue weighted by Gasteiger charge is -2.31. The van der Waals surface area contributed by atoms with Crippen LogP contribution in [0.4, 0.5) is 0 Å². The number of hydrogen-bond acceptors (Lipinski definition) is 2. The van der Waals surface area contributed by atoms with Gasteiger partial charge in [-0.1, -0.05) is 117 Å². The van der Waals surface area contributed by atoms with E-state index in [1.807, 2.05) is 0 Å². The van der Waals surface area contributed by atoms with Crippen LogP contribution in [0.25, 0.3) is 0 Å². The number of rotatable bonds is 19. The molecule has 3 heteroatoms. The second-order valence-electron chi connectivity index (χ2n) is 8.49. The summed E-state index contributed by atoms with van der Waals surface area (Å²) in [7, 11) is -1.99. The molecule has 0 saturated carbocycles. The van der Waals surface area contributed by atoms with Gasteiger partial charge in [-0.2, -0.15) is 0 Å². The molecule has 0 amide bonds. The zero-order chi connectivity index (χ0) is 20.4. The molecule has 0 bridgehead atoms. The Balaban J connectivity index is 4.73. The molecular formula is C24H48O2Si. The van der Waals surface area contributed by atoms with Crippen molar-refractivity contribution in [2.24, 2.45) is 0 Å². The lowest BCUT2D eigenvalue weighted by atomic mass is 10.1. The second kappa shape index (κ2) is 17.5. The molecule has 160 valence electrons. The Labute approximate surface area is 171 Å². The minimum atomic E-state index is -1.99. The highest BCUT2D eigenvalue weighted by atomic mass is 28.4. The smallest absolute Gasteiger partial charge is 0.319 e. The summed E-state index contributed by atoms with van der Waals surface area (Å²) >= 11 is 0. The molecule has 0 radical (unpaired) electrons. The summed E-state index contributed by atoms with van der Waals surface area (Å²) in [6.07, 6.45) is 18.1. The highest BCUT2D eigenvalue weighted by molar-refractivity contribution is 6.75. The van der Waals surface area contributed by atoms with Crippen molar-refractivity contribution in [3.8, 4) is 0 Å². The van der Waals surface area contributed by atoms with E-state index in [0.717, 1.165) is 18.1 Å². The number of carbonyl (C=O) groups excluding carboxylic acids is 1. The monoisotopic (exact) mass is 396 g/mol. The second-order valence-corrected chi connectivity index (χ2v) is 12.6. The third kappa shape index (κ3) is 14.1. The first-order chi connectivity index (χ1) is 13.0. The molecule has 0 atom stereocenters. The maximum Gasteiger partial charge on any atom is 0.319 e. The summed E-state index contributed by atoms with van der Waals surface area (Å²) in [4.78, 5) is 12.4. The van der Waals surface area contributed by atoms with Crippen LogP contribution in [-0.2, 0) is 9.22 Å². The summed E-state index contributed by atoms with van der Waals surface area (Å²) < 4.78 is 6.26. The topological polar surface area (TPSA) is 26.3 Å². The van der Waals surface area contributed by atoms with Crippen LogP contribution in [0, 0.1) is 0 Å². The van der Waals surface area contributed by atoms with E-state index in [4.69, 9.17) is 4.43 Å². The van der Waals surface area contributed by atoms with Crippen LogP contribution in [0.3, 0.4) is 0 Å². The molecule has 0 spiro atoms. The average molecular weight is 397 g/mol. The maximum atomic E-state index is 12.4. The van der Waals surface area contributed by atoms with E-state index in [9.17, 15) is 4.79 Å². The lowest BCUT2D eigenvalue weighted by Crippen LogP contribution is -2.40. The molecule has 0 aromatic heterocycles. The largest absolute Gasteiger partial charge is 0.516 e. The van der Waals surface area contributed by atoms with Crippen LogP contribution in [0.1, 0.15) is 118 Å². The maximum absolute atomic E-state index is 12.4. The first-order valence-corrected chi connectivity index (χ1v) is 14.4. The Morgan fingerprint density at radius 1 is 0.667 bits per heavy atom. The van der Waals surface area contributed by atoms with Crippen molar-refractivity contribution < 1.29 is 9.22 Å². The van der Waals surface area contributed by atoms with Crippen molar-refractivity contribution in [3.05, 3.63) is 12.2 Å². The number of unbranched alkanes of at least 4 members (excludes halogenated alkanes) is 11. The predicted octanol–water partition coefficient (Wildman–Crippen LogP) is 8.57. The molecule has 0 fully saturated rings. The molecule has 0 aromatic rings. The van der Waals surface area contributed by atoms with Gasteiger partial charge in [-0.15, -0.1) is 0 Å². The van der Waals surface area contributed by atoms with Crippen LogP contribution >= 0.6 is 0 Å². The number of carbonyl (C=O) groups is 1. The van der Waals surface area contributed by atoms with Crippen molar-refractivity contribution in [1.82, 2.24) is 0 Å². The molecule has 0 rings (SSSR count). The van der Waals surface area contributed by atoms with Gasteiger partial charge in [-0.25, -0.2) is 4.79 Å². The fourth-order valence-corrected chi connectivity index (χ4v) is 8.18. The van der Waals surface area contributed by atoms with Gasteiger partial charge < -0.3 is 4.43 Å². The van der Waals surface area contributed by atoms with Gasteiger partial charge >= 0.3 is 5.97 Å². The van der Waals surface area contributed by atoms with E-state index >= 15 is 0 Å². The van der Waals surface area contributed by atoms with Gasteiger partial charge in [0.05, 0.1) is 0 Å². The summed E-state index contributed by atoms with van der Waals surface area (Å²) in [6, 6.07) is 3.46. The van der Waals surface area contributed by atoms with E-state index in [2.05, 4.69) is 27.4 Å². The molecular weight excluding hydrogens is 348 g/mol. The van der Waals surface area contributed by atoms with Crippen molar-refractivity contribution in [1.29, 1.82) is 0 Å². The predicted molar refractivity (Wildman–Crippen MR) is 123 cm³/mol. The van der Waals surface area contributed by atoms with E-state index in [1.165, 1.54) is 89.9 Å². The van der Waals surface area contributed by atoms with Gasteiger partial charge in [0.1, 0.15) is 0 Å². The average Bonchev–Trinajstić information content (AvgIpc) is 2.65. The zero-order valence-corrected chi connectivity index (χ0v) is 20.0. The van der Waals surface area contributed by atoms with Crippen molar-refractivity contribution in [2.75, 3.05) is 0 Å². The number of hydrogen-bond donors (Lipinski definition) is 0. The summed E-state index contributed by atoms with van der Waals surface area (Å²) in [5.41, 5.74) is 0.564. The molecule has 0 saturated heterocycles. The Hall–Kier alpha value is -0.573. The van der Waals surface area contributed by atoms with Crippen LogP contribution in [-0.4, -0.2) is 14.3 Å². The van der Waals surface area contributed by atoms with Gasteiger partial charge in [0, 0.05) is 5.57 Å². The standard InChI is InChI=1S/C24H48O2Si/c1-6-9-12-14-16-18-21-27(20-11-8-3,26-24(25)23(4)5)22-19-17-15-13-10-7-2/h4,6-22H2,1-3,5H3. The minimum absolute atomic E-state index is 0.130. The molecule has 2 nitrogen and oxygen atoms in total. The fourth-order valence-electron chi connectivity index (χ4n) is 3.77. The van der Waals surface area contributed by atoms with Gasteiger partial charge in [0.25, 0.3) is 8.32 Å². The molecule has 0 aliphatic carbocycles. The highest BCUT2D eigenvalue weighted by Crippen LogP contribution is 2.31. The van der Waals surface area contributed by atoms with Gasteiger partial charge in [0.2, 0.25) is 0 Å². The van der Waals surface area contributed by atoms with Crippen molar-refractivity contribution in [3.63, 3.8) is 0 Å². The van der Waals surface area contributed by atoms with Crippen molar-refractivity contribution >= 4 is 14.3 Å². The molecule has 27 heavy (non-hydrogen) atoms. The van der Waals surface area contributed by atoms with Crippen LogP contribution in [0.5, 0.6) is 0 Å². The normalized spacial score (nSPS) is 11.6. The minimum Gasteiger partial charge on any atom is -0.516 e. The Kier molecular flexibility index (Phi) is 17.1. The molecule has 0 aromatic carbocycles. The SMILES string of the molecule is C=C(C)C(=O)O[Si](CCCC)(CCCCCCCC)CCCCCCCC. The fraction of sp³-hybridized carbons (Fsp3) is 0.875. The van der Waals surface area contributed by atoms with Crippen molar-refractivity contribution in [2.45, 2.75) is 136 Å².